The minimum absolute atomic E-state index is 0.00118. The van der Waals surface area contributed by atoms with Gasteiger partial charge in [0.1, 0.15) is 5.69 Å². The first-order valence-electron chi connectivity index (χ1n) is 5.06. The molecule has 90 valence electrons. The number of likely N-dealkylation sites (tertiary alicyclic amines) is 1. The smallest absolute Gasteiger partial charge is 0.407 e. The molecule has 0 spiro atoms. The normalized spacial score (nSPS) is 15.2. The van der Waals surface area contributed by atoms with E-state index in [0.29, 0.717) is 18.8 Å². The van der Waals surface area contributed by atoms with Crippen LogP contribution in [0.4, 0.5) is 16.2 Å². The fourth-order valence-electron chi connectivity index (χ4n) is 1.70. The zero-order valence-electron chi connectivity index (χ0n) is 8.87. The van der Waals surface area contributed by atoms with Crippen molar-refractivity contribution in [2.45, 2.75) is 6.04 Å². The summed E-state index contributed by atoms with van der Waals surface area (Å²) in [5.41, 5.74) is 0.425. The summed E-state index contributed by atoms with van der Waals surface area (Å²) in [5, 5.41) is 22.4. The first-order valence-corrected chi connectivity index (χ1v) is 5.06. The summed E-state index contributed by atoms with van der Waals surface area (Å²) in [6.07, 6.45) is -0.967. The average Bonchev–Trinajstić information content (AvgIpc) is 2.22. The van der Waals surface area contributed by atoms with Gasteiger partial charge in [0.05, 0.1) is 11.0 Å². The molecule has 17 heavy (non-hydrogen) atoms. The molecular weight excluding hydrogens is 226 g/mol. The molecule has 0 radical (unpaired) electrons. The van der Waals surface area contributed by atoms with E-state index < -0.39 is 11.0 Å². The third kappa shape index (κ3) is 2.27. The number of nitro benzene ring substituents is 1. The van der Waals surface area contributed by atoms with Crippen LogP contribution in [0.2, 0.25) is 0 Å². The highest BCUT2D eigenvalue weighted by Crippen LogP contribution is 2.25. The molecule has 0 saturated carbocycles. The van der Waals surface area contributed by atoms with E-state index in [1.54, 1.807) is 18.2 Å². The van der Waals surface area contributed by atoms with Crippen molar-refractivity contribution in [3.05, 3.63) is 34.4 Å². The Morgan fingerprint density at radius 1 is 1.47 bits per heavy atom. The Labute approximate surface area is 96.8 Å². The third-order valence-corrected chi connectivity index (χ3v) is 2.61. The molecule has 0 bridgehead atoms. The largest absolute Gasteiger partial charge is 0.465 e. The second kappa shape index (κ2) is 4.28. The van der Waals surface area contributed by atoms with Crippen molar-refractivity contribution >= 4 is 17.5 Å². The molecule has 1 saturated heterocycles. The van der Waals surface area contributed by atoms with Crippen LogP contribution in [0.15, 0.2) is 24.3 Å². The van der Waals surface area contributed by atoms with Crippen LogP contribution >= 0.6 is 0 Å². The zero-order chi connectivity index (χ0) is 12.4. The van der Waals surface area contributed by atoms with Gasteiger partial charge in [-0.2, -0.15) is 0 Å². The Morgan fingerprint density at radius 2 is 2.12 bits per heavy atom. The van der Waals surface area contributed by atoms with E-state index in [-0.39, 0.29) is 11.7 Å². The maximum atomic E-state index is 10.7. The summed E-state index contributed by atoms with van der Waals surface area (Å²) in [5.74, 6) is 0. The molecule has 1 aromatic rings. The van der Waals surface area contributed by atoms with Crippen LogP contribution in [0.5, 0.6) is 0 Å². The summed E-state index contributed by atoms with van der Waals surface area (Å²) >= 11 is 0. The Balaban J connectivity index is 2.01. The SMILES string of the molecule is O=C(O)N1CC(Nc2ccccc2[N+](=O)[O-])C1. The van der Waals surface area contributed by atoms with Crippen molar-refractivity contribution in [3.63, 3.8) is 0 Å². The van der Waals surface area contributed by atoms with E-state index in [4.69, 9.17) is 5.11 Å². The third-order valence-electron chi connectivity index (χ3n) is 2.61. The molecule has 0 atom stereocenters. The second-order valence-electron chi connectivity index (χ2n) is 3.80. The predicted molar refractivity (Wildman–Crippen MR) is 60.1 cm³/mol. The highest BCUT2D eigenvalue weighted by atomic mass is 16.6. The molecule has 1 aliphatic rings. The highest BCUT2D eigenvalue weighted by Gasteiger charge is 2.31. The number of hydrogen-bond acceptors (Lipinski definition) is 4. The molecule has 1 fully saturated rings. The monoisotopic (exact) mass is 237 g/mol. The molecule has 2 N–H and O–H groups in total. The van der Waals surface area contributed by atoms with E-state index in [1.165, 1.54) is 11.0 Å². The van der Waals surface area contributed by atoms with Gasteiger partial charge < -0.3 is 15.3 Å². The summed E-state index contributed by atoms with van der Waals surface area (Å²) in [6, 6.07) is 6.25. The molecule has 7 heteroatoms. The molecule has 7 nitrogen and oxygen atoms in total. The predicted octanol–water partition coefficient (Wildman–Crippen LogP) is 1.37. The lowest BCUT2D eigenvalue weighted by atomic mass is 10.1. The molecule has 0 unspecified atom stereocenters. The van der Waals surface area contributed by atoms with Crippen LogP contribution in [0.3, 0.4) is 0 Å². The lowest BCUT2D eigenvalue weighted by molar-refractivity contribution is -0.384. The number of carboxylic acid groups (broad SMARTS) is 1. The molecule has 1 heterocycles. The van der Waals surface area contributed by atoms with Gasteiger partial charge >= 0.3 is 6.09 Å². The van der Waals surface area contributed by atoms with Gasteiger partial charge in [-0.1, -0.05) is 12.1 Å². The van der Waals surface area contributed by atoms with Gasteiger partial charge in [-0.15, -0.1) is 0 Å². The maximum Gasteiger partial charge on any atom is 0.407 e. The van der Waals surface area contributed by atoms with E-state index >= 15 is 0 Å². The van der Waals surface area contributed by atoms with Gasteiger partial charge in [-0.25, -0.2) is 4.79 Å². The van der Waals surface area contributed by atoms with Crippen molar-refractivity contribution in [3.8, 4) is 0 Å². The quantitative estimate of drug-likeness (QED) is 0.611. The number of nitrogens with one attached hydrogen (secondary N) is 1. The zero-order valence-corrected chi connectivity index (χ0v) is 8.87. The van der Waals surface area contributed by atoms with Crippen LogP contribution in [-0.2, 0) is 0 Å². The Hall–Kier alpha value is -2.31. The molecule has 1 aliphatic heterocycles. The number of hydrogen-bond donors (Lipinski definition) is 2. The maximum absolute atomic E-state index is 10.7. The number of rotatable bonds is 3. The van der Waals surface area contributed by atoms with E-state index in [9.17, 15) is 14.9 Å². The number of nitro groups is 1. The van der Waals surface area contributed by atoms with Gasteiger partial charge in [-0.3, -0.25) is 10.1 Å². The standard InChI is InChI=1S/C10H11N3O4/c14-10(15)12-5-7(6-12)11-8-3-1-2-4-9(8)13(16)17/h1-4,7,11H,5-6H2,(H,14,15). The van der Waals surface area contributed by atoms with Crippen LogP contribution in [-0.4, -0.2) is 40.2 Å². The lowest BCUT2D eigenvalue weighted by Crippen LogP contribution is -2.56. The van der Waals surface area contributed by atoms with Gasteiger partial charge in [0.25, 0.3) is 5.69 Å². The Morgan fingerprint density at radius 3 is 2.71 bits per heavy atom. The van der Waals surface area contributed by atoms with Crippen molar-refractivity contribution in [2.24, 2.45) is 0 Å². The van der Waals surface area contributed by atoms with E-state index in [2.05, 4.69) is 5.32 Å². The first-order chi connectivity index (χ1) is 8.08. The van der Waals surface area contributed by atoms with Crippen LogP contribution in [0.1, 0.15) is 0 Å². The average molecular weight is 237 g/mol. The molecule has 2 rings (SSSR count). The molecule has 0 aliphatic carbocycles. The Bertz CT molecular complexity index is 457. The molecule has 1 amide bonds. The van der Waals surface area contributed by atoms with Crippen molar-refractivity contribution in [1.82, 2.24) is 4.90 Å². The van der Waals surface area contributed by atoms with Crippen molar-refractivity contribution in [1.29, 1.82) is 0 Å². The number of benzene rings is 1. The fraction of sp³-hybridized carbons (Fsp3) is 0.300. The number of para-hydroxylation sites is 2. The van der Waals surface area contributed by atoms with Gasteiger partial charge in [0.2, 0.25) is 0 Å². The fourth-order valence-corrected chi connectivity index (χ4v) is 1.70. The number of amides is 1. The number of nitrogens with zero attached hydrogens (tertiary/aromatic N) is 2. The van der Waals surface area contributed by atoms with Crippen LogP contribution in [0.25, 0.3) is 0 Å². The van der Waals surface area contributed by atoms with Gasteiger partial charge in [0, 0.05) is 19.2 Å². The van der Waals surface area contributed by atoms with Gasteiger partial charge in [-0.05, 0) is 6.07 Å². The van der Waals surface area contributed by atoms with E-state index in [1.807, 2.05) is 0 Å². The van der Waals surface area contributed by atoms with Crippen LogP contribution in [0, 0.1) is 10.1 Å². The summed E-state index contributed by atoms with van der Waals surface area (Å²) < 4.78 is 0. The molecule has 1 aromatic carbocycles. The minimum atomic E-state index is -0.967. The first kappa shape index (κ1) is 11.2. The van der Waals surface area contributed by atoms with Crippen molar-refractivity contribution < 1.29 is 14.8 Å². The van der Waals surface area contributed by atoms with Crippen LogP contribution < -0.4 is 5.32 Å². The molecule has 0 aromatic heterocycles. The second-order valence-corrected chi connectivity index (χ2v) is 3.80. The molecular formula is C10H11N3O4. The number of carbonyl (C=O) groups is 1. The number of anilines is 1. The topological polar surface area (TPSA) is 95.7 Å². The van der Waals surface area contributed by atoms with Gasteiger partial charge in [0.15, 0.2) is 0 Å². The Kier molecular flexibility index (Phi) is 2.82. The minimum Gasteiger partial charge on any atom is -0.465 e. The lowest BCUT2D eigenvalue weighted by Gasteiger charge is -2.37. The highest BCUT2D eigenvalue weighted by molar-refractivity contribution is 5.67. The summed E-state index contributed by atoms with van der Waals surface area (Å²) in [7, 11) is 0. The van der Waals surface area contributed by atoms with E-state index in [0.717, 1.165) is 0 Å². The summed E-state index contributed by atoms with van der Waals surface area (Å²) in [6.45, 7) is 0.697. The summed E-state index contributed by atoms with van der Waals surface area (Å²) in [4.78, 5) is 22.1. The van der Waals surface area contributed by atoms with Crippen molar-refractivity contribution in [2.75, 3.05) is 18.4 Å².